The maximum atomic E-state index is 10.9. The third-order valence-corrected chi connectivity index (χ3v) is 6.09. The topological polar surface area (TPSA) is 23.5 Å². The first kappa shape index (κ1) is 25.5. The second kappa shape index (κ2) is 16.3. The quantitative estimate of drug-likeness (QED) is 0.265. The van der Waals surface area contributed by atoms with Gasteiger partial charge in [0.05, 0.1) is 6.10 Å². The zero-order chi connectivity index (χ0) is 20.6. The van der Waals surface area contributed by atoms with Gasteiger partial charge >= 0.3 is 0 Å². The van der Waals surface area contributed by atoms with Crippen LogP contribution in [0.3, 0.4) is 0 Å². The molecule has 0 fully saturated rings. The largest absolute Gasteiger partial charge is 0.387 e. The van der Waals surface area contributed by atoms with Crippen molar-refractivity contribution in [2.24, 2.45) is 0 Å². The van der Waals surface area contributed by atoms with Gasteiger partial charge in [0.25, 0.3) is 0 Å². The summed E-state index contributed by atoms with van der Waals surface area (Å²) in [6.07, 6.45) is 15.3. The summed E-state index contributed by atoms with van der Waals surface area (Å²) >= 11 is 6.01. The predicted octanol–water partition coefficient (Wildman–Crippen LogP) is 7.78. The van der Waals surface area contributed by atoms with E-state index in [1.807, 2.05) is 24.3 Å². The molecule has 0 bridgehead atoms. The molecule has 0 aliphatic carbocycles. The zero-order valence-electron chi connectivity index (χ0n) is 18.6. The molecule has 0 aromatic heterocycles. The van der Waals surface area contributed by atoms with E-state index in [4.69, 9.17) is 11.6 Å². The molecule has 1 rings (SSSR count). The van der Waals surface area contributed by atoms with E-state index in [0.717, 1.165) is 23.7 Å². The van der Waals surface area contributed by atoms with Crippen molar-refractivity contribution >= 4 is 11.6 Å². The van der Waals surface area contributed by atoms with Crippen molar-refractivity contribution < 1.29 is 5.11 Å². The Morgan fingerprint density at radius 2 is 1.18 bits per heavy atom. The maximum absolute atomic E-state index is 10.9. The van der Waals surface area contributed by atoms with Crippen LogP contribution >= 0.6 is 11.6 Å². The van der Waals surface area contributed by atoms with Crippen LogP contribution in [0.4, 0.5) is 0 Å². The minimum absolute atomic E-state index is 0.132. The lowest BCUT2D eigenvalue weighted by molar-refractivity contribution is 0.0554. The Hall–Kier alpha value is -0.570. The summed E-state index contributed by atoms with van der Waals surface area (Å²) in [5, 5.41) is 11.6. The van der Waals surface area contributed by atoms with Crippen LogP contribution in [-0.2, 0) is 0 Å². The molecule has 0 aliphatic heterocycles. The average molecular weight is 410 g/mol. The number of unbranched alkanes of at least 4 members (excludes halogenated alkanes) is 10. The van der Waals surface area contributed by atoms with Gasteiger partial charge in [0.2, 0.25) is 0 Å². The number of aliphatic hydroxyl groups excluding tert-OH is 1. The minimum atomic E-state index is -0.461. The molecule has 1 aromatic carbocycles. The molecule has 0 saturated carbocycles. The van der Waals surface area contributed by atoms with Crippen molar-refractivity contribution in [3.05, 3.63) is 34.9 Å². The first-order chi connectivity index (χ1) is 13.6. The monoisotopic (exact) mass is 409 g/mol. The van der Waals surface area contributed by atoms with Crippen LogP contribution < -0.4 is 0 Å². The van der Waals surface area contributed by atoms with Crippen LogP contribution in [0.1, 0.15) is 109 Å². The van der Waals surface area contributed by atoms with Crippen molar-refractivity contribution in [3.8, 4) is 0 Å². The lowest BCUT2D eigenvalue weighted by Crippen LogP contribution is -2.39. The van der Waals surface area contributed by atoms with Gasteiger partial charge in [-0.05, 0) is 50.6 Å². The zero-order valence-corrected chi connectivity index (χ0v) is 19.4. The van der Waals surface area contributed by atoms with Crippen LogP contribution in [0.25, 0.3) is 0 Å². The van der Waals surface area contributed by atoms with Gasteiger partial charge in [-0.2, -0.15) is 0 Å². The summed E-state index contributed by atoms with van der Waals surface area (Å²) < 4.78 is 0. The highest BCUT2D eigenvalue weighted by atomic mass is 35.5. The average Bonchev–Trinajstić information content (AvgIpc) is 2.71. The Morgan fingerprint density at radius 3 is 1.64 bits per heavy atom. The van der Waals surface area contributed by atoms with Crippen LogP contribution in [0.2, 0.25) is 5.02 Å². The van der Waals surface area contributed by atoms with Gasteiger partial charge < -0.3 is 5.11 Å². The highest BCUT2D eigenvalue weighted by Crippen LogP contribution is 2.24. The fourth-order valence-electron chi connectivity index (χ4n) is 3.85. The van der Waals surface area contributed by atoms with E-state index < -0.39 is 6.10 Å². The minimum Gasteiger partial charge on any atom is -0.387 e. The molecule has 3 heteroatoms. The molecule has 0 aliphatic rings. The van der Waals surface area contributed by atoms with Gasteiger partial charge in [-0.3, -0.25) is 4.90 Å². The van der Waals surface area contributed by atoms with E-state index in [9.17, 15) is 5.11 Å². The van der Waals surface area contributed by atoms with Crippen LogP contribution in [0.15, 0.2) is 24.3 Å². The third-order valence-electron chi connectivity index (χ3n) is 5.84. The Morgan fingerprint density at radius 1 is 0.750 bits per heavy atom. The van der Waals surface area contributed by atoms with Gasteiger partial charge in [-0.15, -0.1) is 0 Å². The fourth-order valence-corrected chi connectivity index (χ4v) is 3.97. The Kier molecular flexibility index (Phi) is 14.8. The highest BCUT2D eigenvalue weighted by Gasteiger charge is 2.22. The number of benzene rings is 1. The molecule has 1 N–H and O–H groups in total. The first-order valence-corrected chi connectivity index (χ1v) is 12.2. The Bertz CT molecular complexity index is 460. The number of halogens is 1. The molecule has 2 atom stereocenters. The Labute approximate surface area is 179 Å². The lowest BCUT2D eigenvalue weighted by atomic mass is 10.0. The summed E-state index contributed by atoms with van der Waals surface area (Å²) in [5.74, 6) is 0. The predicted molar refractivity (Wildman–Crippen MR) is 124 cm³/mol. The van der Waals surface area contributed by atoms with Gasteiger partial charge in [0, 0.05) is 11.1 Å². The van der Waals surface area contributed by atoms with E-state index in [0.29, 0.717) is 0 Å². The number of aliphatic hydroxyl groups is 1. The molecular weight excluding hydrogens is 366 g/mol. The molecule has 0 radical (unpaired) electrons. The van der Waals surface area contributed by atoms with E-state index in [2.05, 4.69) is 25.7 Å². The maximum Gasteiger partial charge on any atom is 0.0942 e. The molecule has 0 heterocycles. The number of rotatable bonds is 17. The van der Waals surface area contributed by atoms with Crippen LogP contribution in [0.5, 0.6) is 0 Å². The van der Waals surface area contributed by atoms with Crippen molar-refractivity contribution in [3.63, 3.8) is 0 Å². The number of nitrogens with zero attached hydrogens (tertiary/aromatic N) is 1. The SMILES string of the molecule is CCCCCCCCN(CCCCCCCC)[C@@H](C)[C@H](O)c1ccc(Cl)cc1. The van der Waals surface area contributed by atoms with Gasteiger partial charge in [0.1, 0.15) is 0 Å². The van der Waals surface area contributed by atoms with Gasteiger partial charge in [-0.25, -0.2) is 0 Å². The summed E-state index contributed by atoms with van der Waals surface area (Å²) in [5.41, 5.74) is 0.966. The van der Waals surface area contributed by atoms with Gasteiger partial charge in [0.15, 0.2) is 0 Å². The molecule has 28 heavy (non-hydrogen) atoms. The molecule has 0 amide bonds. The molecule has 1 aromatic rings. The standard InChI is InChI=1S/C25H44ClNO/c1-4-6-8-10-12-14-20-27(21-15-13-11-9-7-5-2)22(3)25(28)23-16-18-24(26)19-17-23/h16-19,22,25,28H,4-15,20-21H2,1-3H3/t22-,25-/m0/s1. The highest BCUT2D eigenvalue weighted by molar-refractivity contribution is 6.30. The van der Waals surface area contributed by atoms with Crippen LogP contribution in [-0.4, -0.2) is 29.1 Å². The van der Waals surface area contributed by atoms with Gasteiger partial charge in [-0.1, -0.05) is 102 Å². The summed E-state index contributed by atoms with van der Waals surface area (Å²) in [4.78, 5) is 2.51. The van der Waals surface area contributed by atoms with Crippen molar-refractivity contribution in [1.29, 1.82) is 0 Å². The number of hydrogen-bond acceptors (Lipinski definition) is 2. The number of hydrogen-bond donors (Lipinski definition) is 1. The molecule has 0 unspecified atom stereocenters. The van der Waals surface area contributed by atoms with Crippen LogP contribution in [0, 0.1) is 0 Å². The molecule has 2 nitrogen and oxygen atoms in total. The first-order valence-electron chi connectivity index (χ1n) is 11.8. The van der Waals surface area contributed by atoms with Crippen molar-refractivity contribution in [2.45, 2.75) is 110 Å². The Balaban J connectivity index is 2.52. The summed E-state index contributed by atoms with van der Waals surface area (Å²) in [6.45, 7) is 8.89. The van der Waals surface area contributed by atoms with Crippen molar-refractivity contribution in [1.82, 2.24) is 4.90 Å². The van der Waals surface area contributed by atoms with Crippen molar-refractivity contribution in [2.75, 3.05) is 13.1 Å². The third kappa shape index (κ3) is 10.8. The molecule has 0 saturated heterocycles. The molecular formula is C25H44ClNO. The second-order valence-electron chi connectivity index (χ2n) is 8.31. The fraction of sp³-hybridized carbons (Fsp3) is 0.760. The van der Waals surface area contributed by atoms with E-state index in [1.54, 1.807) is 0 Å². The smallest absolute Gasteiger partial charge is 0.0942 e. The lowest BCUT2D eigenvalue weighted by Gasteiger charge is -2.33. The summed E-state index contributed by atoms with van der Waals surface area (Å²) in [7, 11) is 0. The second-order valence-corrected chi connectivity index (χ2v) is 8.74. The van der Waals surface area contributed by atoms with E-state index in [-0.39, 0.29) is 6.04 Å². The summed E-state index contributed by atoms with van der Waals surface area (Å²) in [6, 6.07) is 7.79. The van der Waals surface area contributed by atoms with E-state index in [1.165, 1.54) is 77.0 Å². The van der Waals surface area contributed by atoms with E-state index >= 15 is 0 Å². The molecule has 162 valence electrons. The normalized spacial score (nSPS) is 13.8. The molecule has 0 spiro atoms.